The van der Waals surface area contributed by atoms with Gasteiger partial charge in [0, 0.05) is 17.7 Å². The molecule has 1 aromatic heterocycles. The predicted octanol–water partition coefficient (Wildman–Crippen LogP) is 1.96. The van der Waals surface area contributed by atoms with Crippen LogP contribution in [0.4, 0.5) is 0 Å². The lowest BCUT2D eigenvalue weighted by Gasteiger charge is -2.08. The Morgan fingerprint density at radius 3 is 2.69 bits per heavy atom. The highest BCUT2D eigenvalue weighted by Crippen LogP contribution is 2.45. The molecule has 88 valence electrons. The lowest BCUT2D eigenvalue weighted by molar-refractivity contribution is 0.220. The smallest absolute Gasteiger partial charge is 0.191 e. The van der Waals surface area contributed by atoms with Crippen LogP contribution in [-0.4, -0.2) is 31.7 Å². The van der Waals surface area contributed by atoms with E-state index in [9.17, 15) is 5.11 Å². The Balaban J connectivity index is 1.80. The predicted molar refractivity (Wildman–Crippen MR) is 62.7 cm³/mol. The van der Waals surface area contributed by atoms with E-state index in [0.717, 1.165) is 5.16 Å². The van der Waals surface area contributed by atoms with Crippen LogP contribution in [0, 0.1) is 0 Å². The third-order valence-corrected chi connectivity index (χ3v) is 4.18. The number of nitrogens with zero attached hydrogens (tertiary/aromatic N) is 3. The summed E-state index contributed by atoms with van der Waals surface area (Å²) in [5.41, 5.74) is 0. The van der Waals surface area contributed by atoms with Crippen LogP contribution in [0.15, 0.2) is 5.16 Å². The first-order chi connectivity index (χ1) is 7.75. The quantitative estimate of drug-likeness (QED) is 0.798. The van der Waals surface area contributed by atoms with E-state index in [1.807, 2.05) is 6.92 Å². The van der Waals surface area contributed by atoms with Gasteiger partial charge in [-0.2, -0.15) is 0 Å². The van der Waals surface area contributed by atoms with Crippen molar-refractivity contribution < 1.29 is 5.11 Å². The normalized spacial score (nSPS) is 22.4. The zero-order valence-electron chi connectivity index (χ0n) is 9.46. The van der Waals surface area contributed by atoms with Crippen LogP contribution in [0.5, 0.6) is 0 Å². The van der Waals surface area contributed by atoms with Gasteiger partial charge in [-0.15, -0.1) is 10.2 Å². The maximum absolute atomic E-state index is 9.31. The fourth-order valence-electron chi connectivity index (χ4n) is 1.88. The molecule has 0 aromatic carbocycles. The second kappa shape index (κ2) is 4.04. The first-order valence-electron chi connectivity index (χ1n) is 6.01. The van der Waals surface area contributed by atoms with Crippen LogP contribution in [0.2, 0.25) is 0 Å². The molecule has 2 aliphatic carbocycles. The van der Waals surface area contributed by atoms with Gasteiger partial charge in [0.1, 0.15) is 5.82 Å². The Bertz CT molecular complexity index is 383. The van der Waals surface area contributed by atoms with Gasteiger partial charge in [0.25, 0.3) is 0 Å². The Labute approximate surface area is 99.4 Å². The molecule has 3 rings (SSSR count). The minimum Gasteiger partial charge on any atom is -0.393 e. The van der Waals surface area contributed by atoms with Crippen molar-refractivity contribution in [3.8, 4) is 0 Å². The molecule has 1 unspecified atom stereocenters. The molecule has 1 aromatic rings. The molecule has 4 nitrogen and oxygen atoms in total. The molecule has 5 heteroatoms. The number of thioether (sulfide) groups is 1. The minimum absolute atomic E-state index is 0.279. The molecule has 1 atom stereocenters. The van der Waals surface area contributed by atoms with Crippen molar-refractivity contribution in [1.82, 2.24) is 14.8 Å². The van der Waals surface area contributed by atoms with Crippen LogP contribution in [0.3, 0.4) is 0 Å². The van der Waals surface area contributed by atoms with Crippen molar-refractivity contribution in [1.29, 1.82) is 0 Å². The van der Waals surface area contributed by atoms with E-state index in [1.54, 1.807) is 11.8 Å². The molecule has 0 aliphatic heterocycles. The molecule has 2 fully saturated rings. The van der Waals surface area contributed by atoms with Gasteiger partial charge in [-0.25, -0.2) is 0 Å². The maximum atomic E-state index is 9.31. The van der Waals surface area contributed by atoms with Crippen molar-refractivity contribution in [2.24, 2.45) is 0 Å². The van der Waals surface area contributed by atoms with E-state index in [1.165, 1.54) is 31.5 Å². The molecule has 0 amide bonds. The summed E-state index contributed by atoms with van der Waals surface area (Å²) in [7, 11) is 0. The Morgan fingerprint density at radius 2 is 2.12 bits per heavy atom. The standard InChI is InChI=1S/C11H17N3OS/c1-7(15)6-16-11-13-12-10(8-2-3-8)14(11)9-4-5-9/h7-9,15H,2-6H2,1H3. The van der Waals surface area contributed by atoms with Crippen LogP contribution >= 0.6 is 11.8 Å². The number of aliphatic hydroxyl groups excluding tert-OH is 1. The first kappa shape index (κ1) is 10.6. The summed E-state index contributed by atoms with van der Waals surface area (Å²) in [5, 5.41) is 18.9. The van der Waals surface area contributed by atoms with E-state index in [-0.39, 0.29) is 6.10 Å². The molecule has 0 spiro atoms. The van der Waals surface area contributed by atoms with E-state index >= 15 is 0 Å². The average Bonchev–Trinajstić information content (AvgIpc) is 3.13. The number of aromatic nitrogens is 3. The molecule has 2 saturated carbocycles. The van der Waals surface area contributed by atoms with Gasteiger partial charge < -0.3 is 9.67 Å². The third kappa shape index (κ3) is 2.11. The Kier molecular flexibility index (Phi) is 2.67. The zero-order valence-corrected chi connectivity index (χ0v) is 10.3. The summed E-state index contributed by atoms with van der Waals surface area (Å²) >= 11 is 1.63. The summed E-state index contributed by atoms with van der Waals surface area (Å²) in [6, 6.07) is 0.641. The SMILES string of the molecule is CC(O)CSc1nnc(C2CC2)n1C1CC1. The fraction of sp³-hybridized carbons (Fsp3) is 0.818. The summed E-state index contributed by atoms with van der Waals surface area (Å²) in [4.78, 5) is 0. The summed E-state index contributed by atoms with van der Waals surface area (Å²) in [6.07, 6.45) is 4.79. The third-order valence-electron chi connectivity index (χ3n) is 3.00. The molecular weight excluding hydrogens is 222 g/mol. The average molecular weight is 239 g/mol. The van der Waals surface area contributed by atoms with Crippen molar-refractivity contribution >= 4 is 11.8 Å². The number of hydrogen-bond acceptors (Lipinski definition) is 4. The van der Waals surface area contributed by atoms with Crippen molar-refractivity contribution in [2.75, 3.05) is 5.75 Å². The lowest BCUT2D eigenvalue weighted by Crippen LogP contribution is -2.06. The van der Waals surface area contributed by atoms with E-state index < -0.39 is 0 Å². The number of hydrogen-bond donors (Lipinski definition) is 1. The monoisotopic (exact) mass is 239 g/mol. The molecule has 1 heterocycles. The highest BCUT2D eigenvalue weighted by Gasteiger charge is 2.36. The Hall–Kier alpha value is -0.550. The van der Waals surface area contributed by atoms with Crippen molar-refractivity contribution in [3.05, 3.63) is 5.82 Å². The second-order valence-corrected chi connectivity index (χ2v) is 5.86. The molecular formula is C11H17N3OS. The van der Waals surface area contributed by atoms with Crippen LogP contribution < -0.4 is 0 Å². The number of aliphatic hydroxyl groups is 1. The van der Waals surface area contributed by atoms with E-state index in [4.69, 9.17) is 0 Å². The van der Waals surface area contributed by atoms with Gasteiger partial charge in [-0.3, -0.25) is 0 Å². The second-order valence-electron chi connectivity index (χ2n) is 4.88. The molecule has 16 heavy (non-hydrogen) atoms. The van der Waals surface area contributed by atoms with E-state index in [0.29, 0.717) is 17.7 Å². The van der Waals surface area contributed by atoms with Gasteiger partial charge in [0.15, 0.2) is 5.16 Å². The zero-order chi connectivity index (χ0) is 11.1. The fourth-order valence-corrected chi connectivity index (χ4v) is 2.75. The van der Waals surface area contributed by atoms with Crippen LogP contribution in [-0.2, 0) is 0 Å². The highest BCUT2D eigenvalue weighted by molar-refractivity contribution is 7.99. The summed E-state index contributed by atoms with van der Waals surface area (Å²) in [5.74, 6) is 2.56. The van der Waals surface area contributed by atoms with Gasteiger partial charge in [-0.1, -0.05) is 11.8 Å². The molecule has 0 saturated heterocycles. The number of rotatable bonds is 5. The highest BCUT2D eigenvalue weighted by atomic mass is 32.2. The topological polar surface area (TPSA) is 50.9 Å². The van der Waals surface area contributed by atoms with Gasteiger partial charge in [-0.05, 0) is 32.6 Å². The molecule has 2 aliphatic rings. The summed E-state index contributed by atoms with van der Waals surface area (Å²) in [6.45, 7) is 1.81. The summed E-state index contributed by atoms with van der Waals surface area (Å²) < 4.78 is 2.32. The van der Waals surface area contributed by atoms with Gasteiger partial charge >= 0.3 is 0 Å². The lowest BCUT2D eigenvalue weighted by atomic mass is 10.4. The molecule has 0 radical (unpaired) electrons. The van der Waals surface area contributed by atoms with Crippen LogP contribution in [0.1, 0.15) is 50.4 Å². The molecule has 1 N–H and O–H groups in total. The maximum Gasteiger partial charge on any atom is 0.191 e. The van der Waals surface area contributed by atoms with Crippen molar-refractivity contribution in [2.45, 2.75) is 55.8 Å². The van der Waals surface area contributed by atoms with Crippen LogP contribution in [0.25, 0.3) is 0 Å². The van der Waals surface area contributed by atoms with Crippen molar-refractivity contribution in [3.63, 3.8) is 0 Å². The van der Waals surface area contributed by atoms with E-state index in [2.05, 4.69) is 14.8 Å². The first-order valence-corrected chi connectivity index (χ1v) is 7.00. The molecule has 0 bridgehead atoms. The van der Waals surface area contributed by atoms with Gasteiger partial charge in [0.05, 0.1) is 6.10 Å². The Morgan fingerprint density at radius 1 is 1.38 bits per heavy atom. The largest absolute Gasteiger partial charge is 0.393 e. The van der Waals surface area contributed by atoms with Gasteiger partial charge in [0.2, 0.25) is 0 Å². The minimum atomic E-state index is -0.279.